The lowest BCUT2D eigenvalue weighted by atomic mass is 10.1. The molecule has 6 nitrogen and oxygen atoms in total. The third kappa shape index (κ3) is 7.48. The molecule has 0 bridgehead atoms. The van der Waals surface area contributed by atoms with E-state index in [-0.39, 0.29) is 12.4 Å². The van der Waals surface area contributed by atoms with Crippen LogP contribution in [0.5, 0.6) is 11.5 Å². The van der Waals surface area contributed by atoms with E-state index < -0.39 is 11.9 Å². The predicted molar refractivity (Wildman–Crippen MR) is 149 cm³/mol. The third-order valence-electron chi connectivity index (χ3n) is 4.19. The maximum absolute atomic E-state index is 12.6. The number of esters is 1. The van der Waals surface area contributed by atoms with Crippen molar-refractivity contribution in [3.8, 4) is 11.5 Å². The van der Waals surface area contributed by atoms with Crippen molar-refractivity contribution in [2.24, 2.45) is 5.10 Å². The minimum atomic E-state index is -0.510. The molecule has 11 heteroatoms. The Morgan fingerprint density at radius 1 is 0.912 bits per heavy atom. The van der Waals surface area contributed by atoms with E-state index in [0.29, 0.717) is 30.3 Å². The second-order valence-electron chi connectivity index (χ2n) is 6.85. The molecule has 0 saturated carbocycles. The van der Waals surface area contributed by atoms with E-state index in [0.717, 1.165) is 14.5 Å². The van der Waals surface area contributed by atoms with Gasteiger partial charge in [-0.1, -0.05) is 49.6 Å². The minimum Gasteiger partial charge on any atom is -0.481 e. The Labute approximate surface area is 238 Å². The van der Waals surface area contributed by atoms with E-state index in [1.165, 1.54) is 6.21 Å². The number of hydrogen-bond donors (Lipinski definition) is 1. The molecule has 0 aliphatic heterocycles. The molecular weight excluding hydrogens is 768 g/mol. The summed E-state index contributed by atoms with van der Waals surface area (Å²) in [6.45, 7) is 1.64. The number of ether oxygens (including phenoxy) is 2. The number of aryl methyl sites for hydroxylation is 1. The van der Waals surface area contributed by atoms with Crippen LogP contribution >= 0.6 is 79.6 Å². The number of nitrogens with one attached hydrogen (secondary N) is 1. The first-order valence-corrected chi connectivity index (χ1v) is 13.5. The number of carbonyl (C=O) groups is 2. The Hall–Kier alpha value is -1.53. The smallest absolute Gasteiger partial charge is 0.343 e. The van der Waals surface area contributed by atoms with Gasteiger partial charge in [0.25, 0.3) is 5.91 Å². The summed E-state index contributed by atoms with van der Waals surface area (Å²) in [4.78, 5) is 24.9. The molecule has 3 rings (SSSR count). The topological polar surface area (TPSA) is 77.0 Å². The summed E-state index contributed by atoms with van der Waals surface area (Å²) in [5.74, 6) is -0.218. The molecular formula is C23H15Br5N2O4. The minimum absolute atomic E-state index is 0.256. The van der Waals surface area contributed by atoms with Gasteiger partial charge < -0.3 is 9.47 Å². The average molecular weight is 783 g/mol. The fourth-order valence-electron chi connectivity index (χ4n) is 2.72. The van der Waals surface area contributed by atoms with Gasteiger partial charge in [0.05, 0.1) is 25.2 Å². The van der Waals surface area contributed by atoms with Crippen LogP contribution in [-0.4, -0.2) is 24.7 Å². The molecule has 0 aromatic heterocycles. The number of carbonyl (C=O) groups excluding carboxylic acids is 2. The quantitative estimate of drug-likeness (QED) is 0.116. The molecule has 34 heavy (non-hydrogen) atoms. The normalized spacial score (nSPS) is 10.9. The van der Waals surface area contributed by atoms with Gasteiger partial charge in [-0.25, -0.2) is 10.2 Å². The zero-order chi connectivity index (χ0) is 24.8. The zero-order valence-electron chi connectivity index (χ0n) is 17.4. The molecule has 0 atom stereocenters. The van der Waals surface area contributed by atoms with Gasteiger partial charge in [0.2, 0.25) is 0 Å². The molecule has 0 fully saturated rings. The standard InChI is InChI=1S/C23H15Br5N2O4/c1-12-3-2-4-13(5-12)23(32)34-21-14(6-15(24)7-17(21)26)10-29-30-20(31)11-33-22-18(27)8-16(25)9-19(22)28/h2-10H,11H2,1H3,(H,30,31). The van der Waals surface area contributed by atoms with E-state index in [1.54, 1.807) is 42.5 Å². The van der Waals surface area contributed by atoms with Crippen LogP contribution in [0.15, 0.2) is 76.0 Å². The molecule has 0 radical (unpaired) electrons. The highest BCUT2D eigenvalue weighted by Crippen LogP contribution is 2.36. The third-order valence-corrected chi connectivity index (χ3v) is 6.87. The van der Waals surface area contributed by atoms with E-state index >= 15 is 0 Å². The zero-order valence-corrected chi connectivity index (χ0v) is 25.3. The van der Waals surface area contributed by atoms with Crippen LogP contribution in [0.2, 0.25) is 0 Å². The number of rotatable bonds is 7. The molecule has 0 spiro atoms. The molecule has 176 valence electrons. The van der Waals surface area contributed by atoms with Crippen molar-refractivity contribution in [1.29, 1.82) is 0 Å². The molecule has 1 amide bonds. The van der Waals surface area contributed by atoms with Crippen molar-refractivity contribution in [2.45, 2.75) is 6.92 Å². The number of hydrogen-bond acceptors (Lipinski definition) is 5. The van der Waals surface area contributed by atoms with Crippen molar-refractivity contribution < 1.29 is 19.1 Å². The number of benzene rings is 3. The monoisotopic (exact) mass is 778 g/mol. The van der Waals surface area contributed by atoms with Crippen LogP contribution in [-0.2, 0) is 4.79 Å². The first kappa shape index (κ1) is 27.1. The second-order valence-corrected chi connectivity index (χ2v) is 11.2. The predicted octanol–water partition coefficient (Wildman–Crippen LogP) is 7.56. The van der Waals surface area contributed by atoms with Crippen molar-refractivity contribution in [3.63, 3.8) is 0 Å². The van der Waals surface area contributed by atoms with Gasteiger partial charge in [-0.3, -0.25) is 4.79 Å². The highest BCUT2D eigenvalue weighted by atomic mass is 79.9. The Morgan fingerprint density at radius 2 is 1.53 bits per heavy atom. The maximum atomic E-state index is 12.6. The van der Waals surface area contributed by atoms with Gasteiger partial charge >= 0.3 is 5.97 Å². The van der Waals surface area contributed by atoms with E-state index in [9.17, 15) is 9.59 Å². The highest BCUT2D eigenvalue weighted by molar-refractivity contribution is 9.12. The molecule has 0 aliphatic carbocycles. The highest BCUT2D eigenvalue weighted by Gasteiger charge is 2.16. The lowest BCUT2D eigenvalue weighted by Gasteiger charge is -2.11. The first-order chi connectivity index (χ1) is 16.1. The number of amides is 1. The van der Waals surface area contributed by atoms with E-state index in [2.05, 4.69) is 90.2 Å². The summed E-state index contributed by atoms with van der Waals surface area (Å²) in [7, 11) is 0. The van der Waals surface area contributed by atoms with Gasteiger partial charge in [-0.05, 0) is 91.1 Å². The molecule has 3 aromatic carbocycles. The van der Waals surface area contributed by atoms with Crippen molar-refractivity contribution in [1.82, 2.24) is 5.43 Å². The molecule has 0 unspecified atom stereocenters. The SMILES string of the molecule is Cc1cccc(C(=O)Oc2c(Br)cc(Br)cc2C=NNC(=O)COc2c(Br)cc(Br)cc2Br)c1. The molecule has 3 aromatic rings. The summed E-state index contributed by atoms with van der Waals surface area (Å²) in [5, 5.41) is 3.98. The lowest BCUT2D eigenvalue weighted by Crippen LogP contribution is -2.24. The molecule has 0 heterocycles. The van der Waals surface area contributed by atoms with Gasteiger partial charge in [-0.2, -0.15) is 5.10 Å². The molecule has 1 N–H and O–H groups in total. The van der Waals surface area contributed by atoms with Crippen LogP contribution in [0, 0.1) is 6.92 Å². The van der Waals surface area contributed by atoms with Crippen molar-refractivity contribution >= 4 is 97.7 Å². The lowest BCUT2D eigenvalue weighted by molar-refractivity contribution is -0.123. The number of halogens is 5. The second kappa shape index (κ2) is 12.4. The summed E-state index contributed by atoms with van der Waals surface area (Å²) >= 11 is 17.0. The van der Waals surface area contributed by atoms with E-state index in [4.69, 9.17) is 9.47 Å². The maximum Gasteiger partial charge on any atom is 0.343 e. The van der Waals surface area contributed by atoms with Gasteiger partial charge in [0.1, 0.15) is 5.75 Å². The van der Waals surface area contributed by atoms with Gasteiger partial charge in [0, 0.05) is 14.5 Å². The molecule has 0 saturated heterocycles. The summed E-state index contributed by atoms with van der Waals surface area (Å²) in [6, 6.07) is 14.2. The average Bonchev–Trinajstić information content (AvgIpc) is 2.75. The Kier molecular flexibility index (Phi) is 9.90. The number of hydrazone groups is 1. The largest absolute Gasteiger partial charge is 0.481 e. The Morgan fingerprint density at radius 3 is 2.18 bits per heavy atom. The summed E-state index contributed by atoms with van der Waals surface area (Å²) < 4.78 is 14.7. The Balaban J connectivity index is 1.69. The first-order valence-electron chi connectivity index (χ1n) is 9.51. The van der Waals surface area contributed by atoms with Crippen LogP contribution in [0.3, 0.4) is 0 Å². The summed E-state index contributed by atoms with van der Waals surface area (Å²) in [5.41, 5.74) is 4.25. The van der Waals surface area contributed by atoms with Crippen LogP contribution in [0.1, 0.15) is 21.5 Å². The van der Waals surface area contributed by atoms with Crippen LogP contribution < -0.4 is 14.9 Å². The van der Waals surface area contributed by atoms with Gasteiger partial charge in [-0.15, -0.1) is 0 Å². The fourth-order valence-corrected chi connectivity index (χ4v) is 6.54. The van der Waals surface area contributed by atoms with Crippen LogP contribution in [0.4, 0.5) is 0 Å². The fraction of sp³-hybridized carbons (Fsp3) is 0.0870. The van der Waals surface area contributed by atoms with Gasteiger partial charge in [0.15, 0.2) is 12.4 Å². The summed E-state index contributed by atoms with van der Waals surface area (Å²) in [6.07, 6.45) is 1.39. The van der Waals surface area contributed by atoms with Crippen molar-refractivity contribution in [3.05, 3.63) is 87.6 Å². The van der Waals surface area contributed by atoms with Crippen LogP contribution in [0.25, 0.3) is 0 Å². The number of nitrogens with zero attached hydrogens (tertiary/aromatic N) is 1. The molecule has 0 aliphatic rings. The van der Waals surface area contributed by atoms with Crippen molar-refractivity contribution in [2.75, 3.05) is 6.61 Å². The van der Waals surface area contributed by atoms with E-state index in [1.807, 2.05) is 13.0 Å². The Bertz CT molecular complexity index is 1260.